The highest BCUT2D eigenvalue weighted by atomic mass is 32.1. The van der Waals surface area contributed by atoms with Gasteiger partial charge in [-0.25, -0.2) is 15.0 Å². The summed E-state index contributed by atoms with van der Waals surface area (Å²) in [5, 5.41) is 4.68. The molecule has 11 aromatic rings. The van der Waals surface area contributed by atoms with Crippen LogP contribution in [-0.4, -0.2) is 15.0 Å². The van der Waals surface area contributed by atoms with Crippen molar-refractivity contribution in [2.45, 2.75) is 0 Å². The standard InChI is InChI=1S/C51H31N3OS/c1-3-12-32(13-4-1)33-24-26-35(27-25-33)50-52-49(34-14-5-2-6-15-34)53-51(54-50)42-21-10-20-40-43-31-37(28-29-44(43)55-48(40)42)36-16-9-17-38(30-36)39-19-11-23-46-47(39)41-18-7-8-22-45(41)56-46/h1-31H. The van der Waals surface area contributed by atoms with Crippen molar-refractivity contribution in [3.63, 3.8) is 0 Å². The van der Waals surface area contributed by atoms with E-state index in [1.54, 1.807) is 0 Å². The third kappa shape index (κ3) is 5.56. The summed E-state index contributed by atoms with van der Waals surface area (Å²) in [5.74, 6) is 1.78. The van der Waals surface area contributed by atoms with Gasteiger partial charge in [-0.2, -0.15) is 0 Å². The molecule has 4 nitrogen and oxygen atoms in total. The topological polar surface area (TPSA) is 51.8 Å². The van der Waals surface area contributed by atoms with Crippen molar-refractivity contribution in [1.29, 1.82) is 0 Å². The number of aromatic nitrogens is 3. The number of benzene rings is 8. The molecular weight excluding hydrogens is 703 g/mol. The van der Waals surface area contributed by atoms with Crippen molar-refractivity contribution >= 4 is 53.4 Å². The van der Waals surface area contributed by atoms with Crippen molar-refractivity contribution in [1.82, 2.24) is 15.0 Å². The monoisotopic (exact) mass is 733 g/mol. The largest absolute Gasteiger partial charge is 0.455 e. The molecule has 8 aromatic carbocycles. The highest BCUT2D eigenvalue weighted by molar-refractivity contribution is 7.25. The van der Waals surface area contributed by atoms with Gasteiger partial charge in [0.2, 0.25) is 0 Å². The lowest BCUT2D eigenvalue weighted by molar-refractivity contribution is 0.669. The van der Waals surface area contributed by atoms with Crippen LogP contribution in [0.15, 0.2) is 192 Å². The molecule has 5 heteroatoms. The lowest BCUT2D eigenvalue weighted by atomic mass is 9.95. The Kier molecular flexibility index (Phi) is 7.64. The number of rotatable bonds is 6. The van der Waals surface area contributed by atoms with Crippen LogP contribution in [0.3, 0.4) is 0 Å². The SMILES string of the molecule is c1ccc(-c2ccc(-c3nc(-c4ccccc4)nc(-c4cccc5c4oc4ccc(-c6cccc(-c7cccc8sc9ccccc9c78)c6)cc45)n3)cc2)cc1. The van der Waals surface area contributed by atoms with E-state index in [-0.39, 0.29) is 0 Å². The summed E-state index contributed by atoms with van der Waals surface area (Å²) in [6.07, 6.45) is 0. The van der Waals surface area contributed by atoms with Crippen LogP contribution in [0.25, 0.3) is 110 Å². The molecule has 0 amide bonds. The van der Waals surface area contributed by atoms with Crippen LogP contribution in [0.2, 0.25) is 0 Å². The number of thiophene rings is 1. The molecule has 0 atom stereocenters. The maximum atomic E-state index is 6.66. The van der Waals surface area contributed by atoms with Gasteiger partial charge >= 0.3 is 0 Å². The van der Waals surface area contributed by atoms with Crippen LogP contribution in [0.5, 0.6) is 0 Å². The van der Waals surface area contributed by atoms with Gasteiger partial charge in [-0.1, -0.05) is 152 Å². The number of hydrogen-bond acceptors (Lipinski definition) is 5. The third-order valence-corrected chi connectivity index (χ3v) is 11.7. The van der Waals surface area contributed by atoms with Gasteiger partial charge in [-0.15, -0.1) is 11.3 Å². The maximum Gasteiger partial charge on any atom is 0.167 e. The molecular formula is C51H31N3OS. The molecule has 3 heterocycles. The second-order valence-electron chi connectivity index (χ2n) is 14.0. The zero-order chi connectivity index (χ0) is 37.0. The van der Waals surface area contributed by atoms with E-state index in [0.717, 1.165) is 60.9 Å². The predicted octanol–water partition coefficient (Wildman–Crippen LogP) is 14.1. The average Bonchev–Trinajstić information content (AvgIpc) is 3.85. The summed E-state index contributed by atoms with van der Waals surface area (Å²) in [4.78, 5) is 15.1. The van der Waals surface area contributed by atoms with Crippen molar-refractivity contribution in [3.8, 4) is 67.5 Å². The molecule has 3 aromatic heterocycles. The Bertz CT molecular complexity index is 3240. The Morgan fingerprint density at radius 3 is 1.70 bits per heavy atom. The summed E-state index contributed by atoms with van der Waals surface area (Å²) in [6, 6.07) is 65.7. The zero-order valence-corrected chi connectivity index (χ0v) is 30.9. The lowest BCUT2D eigenvalue weighted by Gasteiger charge is -2.09. The van der Waals surface area contributed by atoms with Crippen molar-refractivity contribution in [3.05, 3.63) is 188 Å². The average molecular weight is 734 g/mol. The Balaban J connectivity index is 1.01. The number of para-hydroxylation sites is 1. The molecule has 0 saturated carbocycles. The summed E-state index contributed by atoms with van der Waals surface area (Å²) in [6.45, 7) is 0. The van der Waals surface area contributed by atoms with Crippen LogP contribution >= 0.6 is 11.3 Å². The van der Waals surface area contributed by atoms with Gasteiger partial charge in [-0.3, -0.25) is 0 Å². The molecule has 0 aliphatic rings. The molecule has 262 valence electrons. The van der Waals surface area contributed by atoms with Crippen LogP contribution < -0.4 is 0 Å². The fourth-order valence-corrected chi connectivity index (χ4v) is 8.95. The highest BCUT2D eigenvalue weighted by Gasteiger charge is 2.19. The van der Waals surface area contributed by atoms with Crippen molar-refractivity contribution < 1.29 is 4.42 Å². The van der Waals surface area contributed by atoms with E-state index in [4.69, 9.17) is 19.4 Å². The van der Waals surface area contributed by atoms with E-state index >= 15 is 0 Å². The lowest BCUT2D eigenvalue weighted by Crippen LogP contribution is -2.00. The van der Waals surface area contributed by atoms with Crippen molar-refractivity contribution in [2.75, 3.05) is 0 Å². The molecule has 0 N–H and O–H groups in total. The molecule has 0 bridgehead atoms. The van der Waals surface area contributed by atoms with E-state index in [1.165, 1.54) is 31.3 Å². The van der Waals surface area contributed by atoms with Crippen LogP contribution in [-0.2, 0) is 0 Å². The van der Waals surface area contributed by atoms with E-state index in [9.17, 15) is 0 Å². The summed E-state index contributed by atoms with van der Waals surface area (Å²) in [7, 11) is 0. The Hall–Kier alpha value is -7.21. The molecule has 0 unspecified atom stereocenters. The fraction of sp³-hybridized carbons (Fsp3) is 0. The fourth-order valence-electron chi connectivity index (χ4n) is 7.82. The molecule has 0 aliphatic heterocycles. The Morgan fingerprint density at radius 2 is 0.875 bits per heavy atom. The third-order valence-electron chi connectivity index (χ3n) is 10.6. The zero-order valence-electron chi connectivity index (χ0n) is 30.1. The van der Waals surface area contributed by atoms with Crippen LogP contribution in [0.1, 0.15) is 0 Å². The Labute approximate surface area is 327 Å². The summed E-state index contributed by atoms with van der Waals surface area (Å²) >= 11 is 1.85. The van der Waals surface area contributed by atoms with Crippen LogP contribution in [0.4, 0.5) is 0 Å². The second kappa shape index (κ2) is 13.3. The second-order valence-corrected chi connectivity index (χ2v) is 15.1. The summed E-state index contributed by atoms with van der Waals surface area (Å²) < 4.78 is 9.27. The minimum Gasteiger partial charge on any atom is -0.455 e. The first-order valence-corrected chi connectivity index (χ1v) is 19.5. The molecule has 0 fully saturated rings. The number of nitrogens with zero attached hydrogens (tertiary/aromatic N) is 3. The molecule has 0 radical (unpaired) electrons. The molecule has 56 heavy (non-hydrogen) atoms. The summed E-state index contributed by atoms with van der Waals surface area (Å²) in [5.41, 5.74) is 11.3. The van der Waals surface area contributed by atoms with E-state index in [1.807, 2.05) is 53.8 Å². The molecule has 0 saturated heterocycles. The first-order valence-electron chi connectivity index (χ1n) is 18.7. The predicted molar refractivity (Wildman–Crippen MR) is 233 cm³/mol. The van der Waals surface area contributed by atoms with E-state index in [0.29, 0.717) is 17.5 Å². The Morgan fingerprint density at radius 1 is 0.339 bits per heavy atom. The molecule has 0 spiro atoms. The minimum absolute atomic E-state index is 0.564. The van der Waals surface area contributed by atoms with Gasteiger partial charge in [0, 0.05) is 42.1 Å². The van der Waals surface area contributed by atoms with Crippen LogP contribution in [0, 0.1) is 0 Å². The van der Waals surface area contributed by atoms with Gasteiger partial charge in [-0.05, 0) is 69.8 Å². The minimum atomic E-state index is 0.564. The van der Waals surface area contributed by atoms with Gasteiger partial charge in [0.25, 0.3) is 0 Å². The number of furan rings is 1. The molecule has 0 aliphatic carbocycles. The number of hydrogen-bond donors (Lipinski definition) is 0. The number of fused-ring (bicyclic) bond motifs is 6. The maximum absolute atomic E-state index is 6.66. The quantitative estimate of drug-likeness (QED) is 0.171. The first-order chi connectivity index (χ1) is 27.7. The van der Waals surface area contributed by atoms with E-state index in [2.05, 4.69) is 146 Å². The van der Waals surface area contributed by atoms with Gasteiger partial charge in [0.05, 0.1) is 5.56 Å². The normalized spacial score (nSPS) is 11.6. The van der Waals surface area contributed by atoms with Gasteiger partial charge < -0.3 is 4.42 Å². The van der Waals surface area contributed by atoms with Gasteiger partial charge in [0.15, 0.2) is 17.5 Å². The molecule has 11 rings (SSSR count). The van der Waals surface area contributed by atoms with Crippen molar-refractivity contribution in [2.24, 2.45) is 0 Å². The highest BCUT2D eigenvalue weighted by Crippen LogP contribution is 2.42. The first kappa shape index (κ1) is 32.2. The van der Waals surface area contributed by atoms with Gasteiger partial charge in [0.1, 0.15) is 11.2 Å². The van der Waals surface area contributed by atoms with E-state index < -0.39 is 0 Å². The smallest absolute Gasteiger partial charge is 0.167 e.